The van der Waals surface area contributed by atoms with Gasteiger partial charge in [-0.1, -0.05) is 35.9 Å². The fourth-order valence-corrected chi connectivity index (χ4v) is 4.06. The number of para-hydroxylation sites is 1. The number of hydrogen-bond donors (Lipinski definition) is 0. The fourth-order valence-electron chi connectivity index (χ4n) is 3.86. The van der Waals surface area contributed by atoms with Gasteiger partial charge in [0.05, 0.1) is 13.2 Å². The minimum Gasteiger partial charge on any atom is -0.493 e. The number of fused-ring (bicyclic) bond motifs is 3. The van der Waals surface area contributed by atoms with Crippen molar-refractivity contribution in [2.75, 3.05) is 7.11 Å². The van der Waals surface area contributed by atoms with Gasteiger partial charge in [-0.3, -0.25) is 0 Å². The van der Waals surface area contributed by atoms with E-state index in [1.54, 1.807) is 7.11 Å². The van der Waals surface area contributed by atoms with Crippen LogP contribution in [0.4, 0.5) is 0 Å². The third-order valence-electron chi connectivity index (χ3n) is 5.16. The summed E-state index contributed by atoms with van der Waals surface area (Å²) in [6, 6.07) is 17.6. The van der Waals surface area contributed by atoms with E-state index in [-0.39, 0.29) is 6.04 Å². The Morgan fingerprint density at radius 1 is 1.14 bits per heavy atom. The van der Waals surface area contributed by atoms with Gasteiger partial charge in [0.1, 0.15) is 17.2 Å². The van der Waals surface area contributed by atoms with Crippen LogP contribution < -0.4 is 9.47 Å². The van der Waals surface area contributed by atoms with Gasteiger partial charge in [-0.15, -0.1) is 0 Å². The third kappa shape index (κ3) is 2.74. The van der Waals surface area contributed by atoms with E-state index >= 15 is 0 Å². The molecule has 142 valence electrons. The molecule has 3 aromatic rings. The van der Waals surface area contributed by atoms with E-state index in [0.29, 0.717) is 10.8 Å². The molecule has 0 radical (unpaired) electrons. The number of aryl methyl sites for hydroxylation is 1. The molecule has 0 saturated carbocycles. The Balaban J connectivity index is 1.63. The molecule has 1 aromatic heterocycles. The lowest BCUT2D eigenvalue weighted by atomic mass is 9.97. The summed E-state index contributed by atoms with van der Waals surface area (Å²) in [4.78, 5) is 0. The minimum atomic E-state index is -0.402. The van der Waals surface area contributed by atoms with Gasteiger partial charge in [0, 0.05) is 22.6 Å². The quantitative estimate of drug-likeness (QED) is 0.589. The molecule has 5 nitrogen and oxygen atoms in total. The molecule has 0 bridgehead atoms. The first-order valence-electron chi connectivity index (χ1n) is 9.15. The predicted octanol–water partition coefficient (Wildman–Crippen LogP) is 5.49. The summed E-state index contributed by atoms with van der Waals surface area (Å²) in [5.74, 6) is 3.13. The molecule has 0 unspecified atom stereocenters. The molecule has 2 aliphatic rings. The Hall–Kier alpha value is -2.92. The summed E-state index contributed by atoms with van der Waals surface area (Å²) in [6.07, 6.45) is 0.328. The largest absolute Gasteiger partial charge is 0.493 e. The Morgan fingerprint density at radius 3 is 2.75 bits per heavy atom. The maximum absolute atomic E-state index is 6.40. The molecule has 6 heteroatoms. The molecule has 0 saturated heterocycles. The second kappa shape index (κ2) is 6.60. The monoisotopic (exact) mass is 394 g/mol. The predicted molar refractivity (Wildman–Crippen MR) is 107 cm³/mol. The molecular weight excluding hydrogens is 376 g/mol. The standard InChI is InChI=1S/C22H19ClN2O3/c1-13-9-10-19(27-13)17-12-18-16-7-4-8-20(26-2)21(16)28-22(25(18)24-17)14-5-3-6-15(23)11-14/h3-11,18,22H,12H2,1-2H3/t18-,22+/m0/s1. The lowest BCUT2D eigenvalue weighted by molar-refractivity contribution is -0.0209. The molecule has 0 aliphatic carbocycles. The van der Waals surface area contributed by atoms with Gasteiger partial charge in [-0.25, -0.2) is 5.01 Å². The van der Waals surface area contributed by atoms with Crippen LogP contribution in [0.2, 0.25) is 5.02 Å². The molecule has 0 fully saturated rings. The van der Waals surface area contributed by atoms with Crippen LogP contribution in [0.1, 0.15) is 41.3 Å². The number of hydrogen-bond acceptors (Lipinski definition) is 5. The summed E-state index contributed by atoms with van der Waals surface area (Å²) in [5.41, 5.74) is 2.90. The molecule has 2 atom stereocenters. The van der Waals surface area contributed by atoms with Crippen molar-refractivity contribution >= 4 is 17.3 Å². The average Bonchev–Trinajstić information content (AvgIpc) is 3.33. The van der Waals surface area contributed by atoms with Crippen molar-refractivity contribution in [1.29, 1.82) is 0 Å². The third-order valence-corrected chi connectivity index (χ3v) is 5.39. The Kier molecular flexibility index (Phi) is 4.05. The van der Waals surface area contributed by atoms with Crippen molar-refractivity contribution in [3.8, 4) is 11.5 Å². The van der Waals surface area contributed by atoms with Crippen molar-refractivity contribution in [2.24, 2.45) is 5.10 Å². The van der Waals surface area contributed by atoms with Crippen molar-refractivity contribution in [3.63, 3.8) is 0 Å². The number of ether oxygens (including phenoxy) is 2. The number of methoxy groups -OCH3 is 1. The molecule has 0 amide bonds. The van der Waals surface area contributed by atoms with Crippen LogP contribution in [-0.2, 0) is 0 Å². The highest BCUT2D eigenvalue weighted by Crippen LogP contribution is 2.50. The van der Waals surface area contributed by atoms with Gasteiger partial charge in [0.2, 0.25) is 6.23 Å². The average molecular weight is 395 g/mol. The van der Waals surface area contributed by atoms with E-state index in [0.717, 1.165) is 40.5 Å². The smallest absolute Gasteiger partial charge is 0.214 e. The maximum Gasteiger partial charge on any atom is 0.214 e. The SMILES string of the molecule is COc1cccc2c1O[C@H](c1cccc(Cl)c1)N1N=C(c3ccc(C)o3)C[C@@H]21. The molecule has 2 aromatic carbocycles. The van der Waals surface area contributed by atoms with Crippen LogP contribution in [-0.4, -0.2) is 17.8 Å². The number of nitrogens with zero attached hydrogens (tertiary/aromatic N) is 2. The van der Waals surface area contributed by atoms with Crippen LogP contribution in [0.15, 0.2) is 64.1 Å². The maximum atomic E-state index is 6.40. The van der Waals surface area contributed by atoms with E-state index in [4.69, 9.17) is 30.6 Å². The zero-order valence-corrected chi connectivity index (χ0v) is 16.3. The summed E-state index contributed by atoms with van der Waals surface area (Å²) in [5, 5.41) is 7.54. The number of benzene rings is 2. The fraction of sp³-hybridized carbons (Fsp3) is 0.227. The number of furan rings is 1. The van der Waals surface area contributed by atoms with Gasteiger partial charge >= 0.3 is 0 Å². The first kappa shape index (κ1) is 17.2. The van der Waals surface area contributed by atoms with Gasteiger partial charge in [-0.05, 0) is 37.3 Å². The highest BCUT2D eigenvalue weighted by molar-refractivity contribution is 6.30. The summed E-state index contributed by atoms with van der Waals surface area (Å²) >= 11 is 6.24. The van der Waals surface area contributed by atoms with Crippen LogP contribution >= 0.6 is 11.6 Å². The molecule has 0 N–H and O–H groups in total. The molecule has 2 aliphatic heterocycles. The van der Waals surface area contributed by atoms with Crippen molar-refractivity contribution in [2.45, 2.75) is 25.6 Å². The topological polar surface area (TPSA) is 47.2 Å². The zero-order chi connectivity index (χ0) is 19.3. The molecule has 0 spiro atoms. The van der Waals surface area contributed by atoms with Gasteiger partial charge in [-0.2, -0.15) is 5.10 Å². The molecule has 28 heavy (non-hydrogen) atoms. The molecule has 5 rings (SSSR count). The number of rotatable bonds is 3. The minimum absolute atomic E-state index is 0.0308. The van der Waals surface area contributed by atoms with Crippen LogP contribution in [0, 0.1) is 6.92 Å². The van der Waals surface area contributed by atoms with E-state index in [1.807, 2.05) is 60.5 Å². The number of halogens is 1. The Labute approximate surface area is 168 Å². The summed E-state index contributed by atoms with van der Waals surface area (Å²) in [6.45, 7) is 1.93. The Morgan fingerprint density at radius 2 is 2.00 bits per heavy atom. The highest BCUT2D eigenvalue weighted by atomic mass is 35.5. The first-order valence-corrected chi connectivity index (χ1v) is 9.53. The second-order valence-corrected chi connectivity index (χ2v) is 7.40. The van der Waals surface area contributed by atoms with Gasteiger partial charge in [0.15, 0.2) is 11.5 Å². The van der Waals surface area contributed by atoms with Crippen LogP contribution in [0.25, 0.3) is 0 Å². The van der Waals surface area contributed by atoms with E-state index in [2.05, 4.69) is 6.07 Å². The van der Waals surface area contributed by atoms with Crippen molar-refractivity contribution in [1.82, 2.24) is 5.01 Å². The van der Waals surface area contributed by atoms with Crippen LogP contribution in [0.3, 0.4) is 0 Å². The molecule has 3 heterocycles. The van der Waals surface area contributed by atoms with Gasteiger partial charge in [0.25, 0.3) is 0 Å². The lowest BCUT2D eigenvalue weighted by Crippen LogP contribution is -2.33. The lowest BCUT2D eigenvalue weighted by Gasteiger charge is -2.38. The van der Waals surface area contributed by atoms with E-state index < -0.39 is 6.23 Å². The highest BCUT2D eigenvalue weighted by Gasteiger charge is 2.42. The van der Waals surface area contributed by atoms with Crippen molar-refractivity contribution in [3.05, 3.63) is 82.3 Å². The Bertz CT molecular complexity index is 1080. The van der Waals surface area contributed by atoms with Crippen LogP contribution in [0.5, 0.6) is 11.5 Å². The normalized spacial score (nSPS) is 20.2. The van der Waals surface area contributed by atoms with Crippen molar-refractivity contribution < 1.29 is 13.9 Å². The van der Waals surface area contributed by atoms with E-state index in [9.17, 15) is 0 Å². The number of hydrazone groups is 1. The van der Waals surface area contributed by atoms with Gasteiger partial charge < -0.3 is 13.9 Å². The molecular formula is C22H19ClN2O3. The van der Waals surface area contributed by atoms with E-state index in [1.165, 1.54) is 0 Å². The summed E-state index contributed by atoms with van der Waals surface area (Å²) < 4.78 is 17.8. The summed E-state index contributed by atoms with van der Waals surface area (Å²) in [7, 11) is 1.65. The zero-order valence-electron chi connectivity index (χ0n) is 15.6. The second-order valence-electron chi connectivity index (χ2n) is 6.96. The first-order chi connectivity index (χ1) is 13.6.